The van der Waals surface area contributed by atoms with Crippen LogP contribution in [0.2, 0.25) is 0 Å². The van der Waals surface area contributed by atoms with Gasteiger partial charge in [-0.15, -0.1) is 0 Å². The molecular formula is C32H39FN4O7. The Bertz CT molecular complexity index is 1420. The molecule has 1 aromatic carbocycles. The number of amides is 3. The molecule has 4 heterocycles. The first kappa shape index (κ1) is 30.1. The van der Waals surface area contributed by atoms with Crippen molar-refractivity contribution in [3.63, 3.8) is 0 Å². The highest BCUT2D eigenvalue weighted by Gasteiger charge is 2.65. The summed E-state index contributed by atoms with van der Waals surface area (Å²) >= 11 is 0. The third kappa shape index (κ3) is 6.03. The molecule has 0 aromatic heterocycles. The molecule has 1 aliphatic carbocycles. The second-order valence-electron chi connectivity index (χ2n) is 13.3. The minimum absolute atomic E-state index is 0.0176. The lowest BCUT2D eigenvalue weighted by molar-refractivity contribution is -0.138. The molecule has 1 saturated heterocycles. The number of allylic oxidation sites excluding steroid dienone is 1. The van der Waals surface area contributed by atoms with Crippen molar-refractivity contribution in [2.45, 2.75) is 108 Å². The van der Waals surface area contributed by atoms with Crippen LogP contribution >= 0.6 is 0 Å². The number of aliphatic imine (C=N–C) groups is 1. The molecular weight excluding hydrogens is 571 g/mol. The lowest BCUT2D eigenvalue weighted by atomic mass is 10.0. The van der Waals surface area contributed by atoms with Crippen molar-refractivity contribution in [1.82, 2.24) is 15.1 Å². The highest BCUT2D eigenvalue weighted by molar-refractivity contribution is 6.06. The smallest absolute Gasteiger partial charge is 0.410 e. The summed E-state index contributed by atoms with van der Waals surface area (Å²) in [6.07, 6.45) is 6.40. The van der Waals surface area contributed by atoms with Crippen LogP contribution in [0.3, 0.4) is 0 Å². The number of ether oxygens (including phenoxy) is 3. The fourth-order valence-corrected chi connectivity index (χ4v) is 6.50. The zero-order chi connectivity index (χ0) is 31.2. The number of alkyl carbamates (subject to hydrolysis) is 1. The number of nitrogens with zero attached hydrogens (tertiary/aromatic N) is 3. The molecule has 1 N–H and O–H groups in total. The zero-order valence-corrected chi connectivity index (χ0v) is 25.3. The maximum atomic E-state index is 14.3. The third-order valence-electron chi connectivity index (χ3n) is 8.85. The maximum Gasteiger partial charge on any atom is 0.410 e. The van der Waals surface area contributed by atoms with Gasteiger partial charge in [0.05, 0.1) is 13.1 Å². The molecule has 2 bridgehead atoms. The van der Waals surface area contributed by atoms with Gasteiger partial charge in [0.25, 0.3) is 0 Å². The van der Waals surface area contributed by atoms with Crippen LogP contribution in [0.4, 0.5) is 14.0 Å². The van der Waals surface area contributed by atoms with Crippen molar-refractivity contribution in [3.8, 4) is 0 Å². The maximum absolute atomic E-state index is 14.3. The van der Waals surface area contributed by atoms with Gasteiger partial charge in [0.1, 0.15) is 29.6 Å². The van der Waals surface area contributed by atoms with Gasteiger partial charge in [-0.2, -0.15) is 0 Å². The van der Waals surface area contributed by atoms with E-state index in [2.05, 4.69) is 11.4 Å². The second-order valence-corrected chi connectivity index (χ2v) is 13.3. The van der Waals surface area contributed by atoms with Crippen molar-refractivity contribution in [3.05, 3.63) is 47.3 Å². The number of benzene rings is 1. The minimum atomic E-state index is -0.977. The summed E-state index contributed by atoms with van der Waals surface area (Å²) in [5.74, 6) is -1.14. The van der Waals surface area contributed by atoms with E-state index >= 15 is 0 Å². The largest absolute Gasteiger partial charge is 0.444 e. The SMILES string of the molecule is CC(C)(C)OC(=O)N[C@H]1CCCCCC=CC2CC23N=C(OC3=O)[C@@H]2C[C@@H](OC(=O)N3Cc4cccc(F)c4C3)CN2C1=O. The van der Waals surface area contributed by atoms with Crippen LogP contribution in [-0.2, 0) is 36.9 Å². The van der Waals surface area contributed by atoms with E-state index in [0.717, 1.165) is 24.8 Å². The first-order valence-electron chi connectivity index (χ1n) is 15.4. The summed E-state index contributed by atoms with van der Waals surface area (Å²) in [5, 5.41) is 2.75. The number of nitrogens with one attached hydrogen (secondary N) is 1. The highest BCUT2D eigenvalue weighted by atomic mass is 19.1. The Morgan fingerprint density at radius 1 is 1.16 bits per heavy atom. The molecule has 6 rings (SSSR count). The average molecular weight is 611 g/mol. The van der Waals surface area contributed by atoms with Gasteiger partial charge in [0.15, 0.2) is 5.54 Å². The standard InChI is InChI=1S/C32H39FN4O7/c1-31(2,3)44-29(40)34-24-13-8-6-4-5-7-11-20-15-32(20)28(39)43-26(35-32)25-14-21(17-37(25)27(24)38)42-30(41)36-16-19-10-9-12-23(33)22(19)18-36/h7,9-12,20-21,24-25H,4-6,8,13-18H2,1-3H3,(H,34,40)/t20?,21-,24+,25+,32?/m1/s1. The summed E-state index contributed by atoms with van der Waals surface area (Å²) in [7, 11) is 0. The van der Waals surface area contributed by atoms with Crippen LogP contribution in [0.1, 0.15) is 76.8 Å². The molecule has 12 heteroatoms. The van der Waals surface area contributed by atoms with Crippen molar-refractivity contribution in [1.29, 1.82) is 0 Å². The topological polar surface area (TPSA) is 127 Å². The summed E-state index contributed by atoms with van der Waals surface area (Å²) in [6.45, 7) is 5.55. The number of fused-ring (bicyclic) bond motifs is 3. The van der Waals surface area contributed by atoms with E-state index in [4.69, 9.17) is 19.2 Å². The van der Waals surface area contributed by atoms with Gasteiger partial charge in [0, 0.05) is 24.4 Å². The number of esters is 1. The molecule has 11 nitrogen and oxygen atoms in total. The van der Waals surface area contributed by atoms with E-state index in [1.165, 1.54) is 15.9 Å². The first-order valence-corrected chi connectivity index (χ1v) is 15.4. The van der Waals surface area contributed by atoms with Crippen molar-refractivity contribution in [2.75, 3.05) is 6.54 Å². The molecule has 44 heavy (non-hydrogen) atoms. The van der Waals surface area contributed by atoms with Gasteiger partial charge in [-0.25, -0.2) is 23.8 Å². The number of carbonyl (C=O) groups is 4. The Labute approximate surface area is 255 Å². The normalized spacial score (nSPS) is 29.9. The van der Waals surface area contributed by atoms with Gasteiger partial charge in [0.2, 0.25) is 11.8 Å². The third-order valence-corrected chi connectivity index (χ3v) is 8.85. The van der Waals surface area contributed by atoms with Crippen LogP contribution in [0.5, 0.6) is 0 Å². The Morgan fingerprint density at radius 3 is 2.75 bits per heavy atom. The molecule has 1 spiro atoms. The molecule has 236 valence electrons. The van der Waals surface area contributed by atoms with E-state index in [0.29, 0.717) is 24.8 Å². The van der Waals surface area contributed by atoms with Crippen molar-refractivity contribution in [2.24, 2.45) is 10.9 Å². The van der Waals surface area contributed by atoms with Gasteiger partial charge >= 0.3 is 18.2 Å². The predicted octanol–water partition coefficient (Wildman–Crippen LogP) is 4.38. The fraction of sp³-hybridized carbons (Fsp3) is 0.594. The quantitative estimate of drug-likeness (QED) is 0.299. The predicted molar refractivity (Wildman–Crippen MR) is 156 cm³/mol. The summed E-state index contributed by atoms with van der Waals surface area (Å²) in [5.41, 5.74) is -0.553. The van der Waals surface area contributed by atoms with E-state index in [9.17, 15) is 23.6 Å². The number of halogens is 1. The number of rotatable bonds is 2. The monoisotopic (exact) mass is 610 g/mol. The van der Waals surface area contributed by atoms with Crippen LogP contribution in [-0.4, -0.2) is 75.6 Å². The van der Waals surface area contributed by atoms with E-state index in [-0.39, 0.29) is 43.7 Å². The van der Waals surface area contributed by atoms with Crippen LogP contribution in [0.25, 0.3) is 0 Å². The fourth-order valence-electron chi connectivity index (χ4n) is 6.50. The summed E-state index contributed by atoms with van der Waals surface area (Å²) < 4.78 is 31.3. The molecule has 4 aliphatic heterocycles. The Morgan fingerprint density at radius 2 is 1.98 bits per heavy atom. The van der Waals surface area contributed by atoms with Crippen LogP contribution < -0.4 is 5.32 Å². The van der Waals surface area contributed by atoms with Crippen LogP contribution in [0.15, 0.2) is 35.3 Å². The molecule has 5 atom stereocenters. The average Bonchev–Trinajstić information content (AvgIpc) is 3.24. The van der Waals surface area contributed by atoms with E-state index in [1.54, 1.807) is 32.9 Å². The number of carbonyl (C=O) groups excluding carboxylic acids is 4. The Hall–Kier alpha value is -3.96. The van der Waals surface area contributed by atoms with Crippen LogP contribution in [0, 0.1) is 11.7 Å². The molecule has 1 aromatic rings. The van der Waals surface area contributed by atoms with Crippen molar-refractivity contribution < 1.29 is 37.8 Å². The summed E-state index contributed by atoms with van der Waals surface area (Å²) in [4.78, 5) is 60.8. The molecule has 3 amide bonds. The Kier molecular flexibility index (Phi) is 7.87. The Balaban J connectivity index is 1.24. The number of hydrogen-bond donors (Lipinski definition) is 1. The highest BCUT2D eigenvalue weighted by Crippen LogP contribution is 2.52. The molecule has 0 radical (unpaired) electrons. The van der Waals surface area contributed by atoms with Gasteiger partial charge < -0.3 is 24.4 Å². The van der Waals surface area contributed by atoms with Crippen molar-refractivity contribution >= 4 is 30.0 Å². The minimum Gasteiger partial charge on any atom is -0.444 e. The van der Waals surface area contributed by atoms with E-state index < -0.39 is 53.4 Å². The summed E-state index contributed by atoms with van der Waals surface area (Å²) in [6, 6.07) is 3.07. The zero-order valence-electron chi connectivity index (χ0n) is 25.3. The van der Waals surface area contributed by atoms with Gasteiger partial charge in [-0.1, -0.05) is 37.1 Å². The number of hydrogen-bond acceptors (Lipinski definition) is 8. The lowest BCUT2D eigenvalue weighted by Gasteiger charge is -2.29. The molecule has 2 fully saturated rings. The lowest BCUT2D eigenvalue weighted by Crippen LogP contribution is -2.52. The second kappa shape index (κ2) is 11.5. The molecule has 1 saturated carbocycles. The van der Waals surface area contributed by atoms with Gasteiger partial charge in [-0.05, 0) is 58.1 Å². The molecule has 5 aliphatic rings. The van der Waals surface area contributed by atoms with Gasteiger partial charge in [-0.3, -0.25) is 9.69 Å². The molecule has 2 unspecified atom stereocenters. The van der Waals surface area contributed by atoms with E-state index in [1.807, 2.05) is 6.08 Å². The first-order chi connectivity index (χ1) is 20.9.